The molecule has 1 aromatic rings. The lowest BCUT2D eigenvalue weighted by atomic mass is 10.0. The van der Waals surface area contributed by atoms with E-state index < -0.39 is 6.36 Å². The maximum Gasteiger partial charge on any atom is 0.573 e. The van der Waals surface area contributed by atoms with Gasteiger partial charge in [-0.05, 0) is 37.5 Å². The Kier molecular flexibility index (Phi) is 4.88. The van der Waals surface area contributed by atoms with Crippen LogP contribution in [0.25, 0.3) is 0 Å². The lowest BCUT2D eigenvalue weighted by molar-refractivity contribution is -0.274. The van der Waals surface area contributed by atoms with E-state index in [0.29, 0.717) is 18.7 Å². The first-order valence-corrected chi connectivity index (χ1v) is 6.61. The summed E-state index contributed by atoms with van der Waals surface area (Å²) in [7, 11) is 0. The molecule has 1 aliphatic rings. The predicted octanol–water partition coefficient (Wildman–Crippen LogP) is 2.89. The molecule has 1 N–H and O–H groups in total. The fourth-order valence-corrected chi connectivity index (χ4v) is 2.25. The Morgan fingerprint density at radius 1 is 1.25 bits per heavy atom. The zero-order valence-electron chi connectivity index (χ0n) is 11.2. The molecule has 0 aromatic heterocycles. The van der Waals surface area contributed by atoms with Gasteiger partial charge in [0.2, 0.25) is 0 Å². The van der Waals surface area contributed by atoms with Gasteiger partial charge in [0.15, 0.2) is 0 Å². The number of aryl methyl sites for hydroxylation is 1. The van der Waals surface area contributed by atoms with Crippen LogP contribution in [0.1, 0.15) is 18.9 Å². The SMILES string of the molecule is CC1COCC(CCc2ccc(OC(F)(F)F)cc2)N1. The van der Waals surface area contributed by atoms with Gasteiger partial charge in [0, 0.05) is 12.1 Å². The molecule has 0 bridgehead atoms. The van der Waals surface area contributed by atoms with Gasteiger partial charge in [-0.3, -0.25) is 0 Å². The van der Waals surface area contributed by atoms with Crippen molar-refractivity contribution in [1.82, 2.24) is 5.32 Å². The molecule has 1 aliphatic heterocycles. The lowest BCUT2D eigenvalue weighted by Crippen LogP contribution is -2.47. The van der Waals surface area contributed by atoms with Crippen molar-refractivity contribution < 1.29 is 22.6 Å². The average Bonchev–Trinajstić information content (AvgIpc) is 2.36. The van der Waals surface area contributed by atoms with Gasteiger partial charge in [-0.1, -0.05) is 12.1 Å². The zero-order valence-corrected chi connectivity index (χ0v) is 11.2. The lowest BCUT2D eigenvalue weighted by Gasteiger charge is -2.29. The summed E-state index contributed by atoms with van der Waals surface area (Å²) in [5.74, 6) is -0.186. The third-order valence-corrected chi connectivity index (χ3v) is 3.15. The van der Waals surface area contributed by atoms with E-state index >= 15 is 0 Å². The molecule has 0 amide bonds. The molecule has 0 radical (unpaired) electrons. The Balaban J connectivity index is 1.81. The van der Waals surface area contributed by atoms with Crippen LogP contribution < -0.4 is 10.1 Å². The minimum absolute atomic E-state index is 0.186. The number of halogens is 3. The van der Waals surface area contributed by atoms with Gasteiger partial charge in [0.1, 0.15) is 5.75 Å². The molecule has 20 heavy (non-hydrogen) atoms. The number of ether oxygens (including phenoxy) is 2. The Morgan fingerprint density at radius 3 is 2.55 bits per heavy atom. The average molecular weight is 289 g/mol. The minimum atomic E-state index is -4.64. The summed E-state index contributed by atoms with van der Waals surface area (Å²) < 4.78 is 45.4. The normalized spacial score (nSPS) is 23.6. The largest absolute Gasteiger partial charge is 0.573 e. The number of rotatable bonds is 4. The van der Waals surface area contributed by atoms with E-state index in [9.17, 15) is 13.2 Å². The summed E-state index contributed by atoms with van der Waals surface area (Å²) in [5, 5.41) is 3.43. The second-order valence-corrected chi connectivity index (χ2v) is 5.03. The highest BCUT2D eigenvalue weighted by Crippen LogP contribution is 2.23. The predicted molar refractivity (Wildman–Crippen MR) is 68.7 cm³/mol. The van der Waals surface area contributed by atoms with E-state index in [1.807, 2.05) is 0 Å². The van der Waals surface area contributed by atoms with Gasteiger partial charge < -0.3 is 14.8 Å². The second kappa shape index (κ2) is 6.45. The van der Waals surface area contributed by atoms with Gasteiger partial charge >= 0.3 is 6.36 Å². The molecular formula is C14H18F3NO2. The smallest absolute Gasteiger partial charge is 0.406 e. The molecule has 1 aromatic carbocycles. The topological polar surface area (TPSA) is 30.5 Å². The van der Waals surface area contributed by atoms with Crippen molar-refractivity contribution in [3.63, 3.8) is 0 Å². The van der Waals surface area contributed by atoms with Gasteiger partial charge in [-0.2, -0.15) is 0 Å². The molecule has 1 fully saturated rings. The van der Waals surface area contributed by atoms with Crippen LogP contribution in [0.15, 0.2) is 24.3 Å². The van der Waals surface area contributed by atoms with Crippen LogP contribution in [0.2, 0.25) is 0 Å². The Labute approximate surface area is 116 Å². The van der Waals surface area contributed by atoms with Crippen LogP contribution in [0, 0.1) is 0 Å². The van der Waals surface area contributed by atoms with E-state index in [2.05, 4.69) is 17.0 Å². The number of alkyl halides is 3. The highest BCUT2D eigenvalue weighted by Gasteiger charge is 2.30. The van der Waals surface area contributed by atoms with E-state index in [4.69, 9.17) is 4.74 Å². The van der Waals surface area contributed by atoms with Crippen molar-refractivity contribution in [2.75, 3.05) is 13.2 Å². The molecule has 0 aliphatic carbocycles. The van der Waals surface area contributed by atoms with Crippen LogP contribution in [-0.2, 0) is 11.2 Å². The minimum Gasteiger partial charge on any atom is -0.406 e. The Hall–Kier alpha value is -1.27. The standard InChI is InChI=1S/C14H18F3NO2/c1-10-8-19-9-12(18-10)5-2-11-3-6-13(7-4-11)20-14(15,16)17/h3-4,6-7,10,12,18H,2,5,8-9H2,1H3. The first-order chi connectivity index (χ1) is 9.42. The van der Waals surface area contributed by atoms with Crippen LogP contribution in [0.4, 0.5) is 13.2 Å². The number of hydrogen-bond acceptors (Lipinski definition) is 3. The molecule has 112 valence electrons. The molecule has 1 heterocycles. The third kappa shape index (κ3) is 5.02. The fraction of sp³-hybridized carbons (Fsp3) is 0.571. The quantitative estimate of drug-likeness (QED) is 0.924. The maximum absolute atomic E-state index is 12.0. The van der Waals surface area contributed by atoms with Crippen molar-refractivity contribution >= 4 is 0 Å². The third-order valence-electron chi connectivity index (χ3n) is 3.15. The summed E-state index contributed by atoms with van der Waals surface area (Å²) in [6.45, 7) is 3.47. The summed E-state index contributed by atoms with van der Waals surface area (Å²) >= 11 is 0. The van der Waals surface area contributed by atoms with E-state index in [-0.39, 0.29) is 5.75 Å². The monoisotopic (exact) mass is 289 g/mol. The molecular weight excluding hydrogens is 271 g/mol. The zero-order chi connectivity index (χ0) is 14.6. The molecule has 6 heteroatoms. The van der Waals surface area contributed by atoms with Crippen LogP contribution >= 0.6 is 0 Å². The van der Waals surface area contributed by atoms with Crippen molar-refractivity contribution in [3.8, 4) is 5.75 Å². The summed E-state index contributed by atoms with van der Waals surface area (Å²) in [6, 6.07) is 6.65. The van der Waals surface area contributed by atoms with Crippen molar-refractivity contribution in [2.45, 2.75) is 38.2 Å². The van der Waals surface area contributed by atoms with Crippen molar-refractivity contribution in [3.05, 3.63) is 29.8 Å². The van der Waals surface area contributed by atoms with Crippen molar-refractivity contribution in [2.24, 2.45) is 0 Å². The summed E-state index contributed by atoms with van der Waals surface area (Å²) in [5.41, 5.74) is 0.986. The summed E-state index contributed by atoms with van der Waals surface area (Å²) in [6.07, 6.45) is -2.95. The number of hydrogen-bond donors (Lipinski definition) is 1. The van der Waals surface area contributed by atoms with Gasteiger partial charge in [0.25, 0.3) is 0 Å². The highest BCUT2D eigenvalue weighted by atomic mass is 19.4. The number of benzene rings is 1. The van der Waals surface area contributed by atoms with E-state index in [1.165, 1.54) is 12.1 Å². The van der Waals surface area contributed by atoms with E-state index in [1.54, 1.807) is 12.1 Å². The number of nitrogens with one attached hydrogen (secondary N) is 1. The maximum atomic E-state index is 12.0. The van der Waals surface area contributed by atoms with E-state index in [0.717, 1.165) is 25.0 Å². The summed E-state index contributed by atoms with van der Waals surface area (Å²) in [4.78, 5) is 0. The highest BCUT2D eigenvalue weighted by molar-refractivity contribution is 5.27. The van der Waals surface area contributed by atoms with Crippen molar-refractivity contribution in [1.29, 1.82) is 0 Å². The van der Waals surface area contributed by atoms with Gasteiger partial charge in [-0.25, -0.2) is 0 Å². The first kappa shape index (κ1) is 15.1. The van der Waals surface area contributed by atoms with Gasteiger partial charge in [0.05, 0.1) is 13.2 Å². The van der Waals surface area contributed by atoms with Crippen LogP contribution in [-0.4, -0.2) is 31.7 Å². The molecule has 0 spiro atoms. The fourth-order valence-electron chi connectivity index (χ4n) is 2.25. The number of morpholine rings is 1. The second-order valence-electron chi connectivity index (χ2n) is 5.03. The first-order valence-electron chi connectivity index (χ1n) is 6.61. The molecule has 0 saturated carbocycles. The molecule has 2 atom stereocenters. The van der Waals surface area contributed by atoms with Crippen LogP contribution in [0.5, 0.6) is 5.75 Å². The molecule has 2 unspecified atom stereocenters. The Bertz CT molecular complexity index is 419. The molecule has 3 nitrogen and oxygen atoms in total. The Morgan fingerprint density at radius 2 is 1.95 bits per heavy atom. The molecule has 2 rings (SSSR count). The van der Waals surface area contributed by atoms with Gasteiger partial charge in [-0.15, -0.1) is 13.2 Å². The van der Waals surface area contributed by atoms with Crippen LogP contribution in [0.3, 0.4) is 0 Å². The molecule has 1 saturated heterocycles.